The Morgan fingerprint density at radius 1 is 1.33 bits per heavy atom. The number of halogens is 1. The summed E-state index contributed by atoms with van der Waals surface area (Å²) in [6.45, 7) is 1.83. The monoisotopic (exact) mass is 253 g/mol. The molecule has 0 saturated carbocycles. The molecule has 2 rings (SSSR count). The summed E-state index contributed by atoms with van der Waals surface area (Å²) in [6, 6.07) is 0. The first-order valence-electron chi connectivity index (χ1n) is 7.04. The molecular weight excluding hydrogens is 229 g/mol. The van der Waals surface area contributed by atoms with Crippen molar-refractivity contribution >= 4 is 0 Å². The Morgan fingerprint density at radius 3 is 2.78 bits per heavy atom. The molecule has 0 radical (unpaired) electrons. The van der Waals surface area contributed by atoms with Crippen LogP contribution in [0.5, 0.6) is 0 Å². The van der Waals surface area contributed by atoms with Gasteiger partial charge in [-0.2, -0.15) is 0 Å². The Balaban J connectivity index is 1.59. The Bertz CT molecular complexity index is 326. The van der Waals surface area contributed by atoms with E-state index in [-0.39, 0.29) is 11.9 Å². The van der Waals surface area contributed by atoms with Gasteiger partial charge in [0.1, 0.15) is 5.83 Å². The average Bonchev–Trinajstić information content (AvgIpc) is 2.64. The molecule has 0 amide bonds. The molecule has 1 heterocycles. The van der Waals surface area contributed by atoms with Gasteiger partial charge in [-0.1, -0.05) is 25.0 Å². The van der Waals surface area contributed by atoms with E-state index < -0.39 is 0 Å². The van der Waals surface area contributed by atoms with Crippen LogP contribution in [0.1, 0.15) is 32.1 Å². The first-order valence-corrected chi connectivity index (χ1v) is 7.04. The molecule has 1 fully saturated rings. The van der Waals surface area contributed by atoms with Crippen LogP contribution >= 0.6 is 0 Å². The highest BCUT2D eigenvalue weighted by atomic mass is 19.1. The van der Waals surface area contributed by atoms with Crippen molar-refractivity contribution in [2.24, 2.45) is 11.8 Å². The predicted octanol–water partition coefficient (Wildman–Crippen LogP) is 2.90. The van der Waals surface area contributed by atoms with E-state index in [1.165, 1.54) is 0 Å². The Labute approximate surface area is 109 Å². The zero-order chi connectivity index (χ0) is 13.0. The Kier molecular flexibility index (Phi) is 4.95. The molecule has 1 aliphatic heterocycles. The number of β-amino-alcohol motifs (C(OH)–C–C–N with tert-alkyl or cyclic N) is 1. The normalized spacial score (nSPS) is 32.8. The van der Waals surface area contributed by atoms with E-state index in [0.29, 0.717) is 18.3 Å². The number of likely N-dealkylation sites (N-methyl/N-ethyl adjacent to an activating group) is 1. The number of allylic oxidation sites excluding steroid dienone is 4. The van der Waals surface area contributed by atoms with Gasteiger partial charge in [0.25, 0.3) is 0 Å². The predicted molar refractivity (Wildman–Crippen MR) is 71.9 cm³/mol. The summed E-state index contributed by atoms with van der Waals surface area (Å²) in [6.07, 6.45) is 10.4. The summed E-state index contributed by atoms with van der Waals surface area (Å²) >= 11 is 0. The molecule has 0 spiro atoms. The van der Waals surface area contributed by atoms with E-state index in [2.05, 4.69) is 18.0 Å². The molecule has 1 unspecified atom stereocenters. The van der Waals surface area contributed by atoms with E-state index >= 15 is 0 Å². The lowest BCUT2D eigenvalue weighted by atomic mass is 9.92. The summed E-state index contributed by atoms with van der Waals surface area (Å²) < 4.78 is 13.1. The second-order valence-electron chi connectivity index (χ2n) is 5.80. The number of hydrogen-bond donors (Lipinski definition) is 1. The van der Waals surface area contributed by atoms with E-state index in [9.17, 15) is 9.50 Å². The molecule has 0 aromatic rings. The van der Waals surface area contributed by atoms with Gasteiger partial charge >= 0.3 is 0 Å². The lowest BCUT2D eigenvalue weighted by Crippen LogP contribution is -2.18. The minimum Gasteiger partial charge on any atom is -0.391 e. The zero-order valence-electron chi connectivity index (χ0n) is 11.2. The van der Waals surface area contributed by atoms with Crippen LogP contribution in [0.2, 0.25) is 0 Å². The van der Waals surface area contributed by atoms with Gasteiger partial charge in [-0.05, 0) is 37.8 Å². The summed E-state index contributed by atoms with van der Waals surface area (Å²) in [7, 11) is 2.06. The van der Waals surface area contributed by atoms with Crippen molar-refractivity contribution in [1.82, 2.24) is 4.90 Å². The van der Waals surface area contributed by atoms with E-state index in [1.807, 2.05) is 6.08 Å². The van der Waals surface area contributed by atoms with Crippen molar-refractivity contribution in [3.8, 4) is 0 Å². The molecule has 3 atom stereocenters. The van der Waals surface area contributed by atoms with Crippen molar-refractivity contribution in [1.29, 1.82) is 0 Å². The van der Waals surface area contributed by atoms with E-state index in [1.54, 1.807) is 6.08 Å². The highest BCUT2D eigenvalue weighted by Gasteiger charge is 2.28. The topological polar surface area (TPSA) is 23.5 Å². The highest BCUT2D eigenvalue weighted by molar-refractivity contribution is 5.14. The maximum absolute atomic E-state index is 13.1. The molecule has 0 aromatic carbocycles. The fourth-order valence-corrected chi connectivity index (χ4v) is 3.06. The number of rotatable bonds is 5. The second-order valence-corrected chi connectivity index (χ2v) is 5.80. The van der Waals surface area contributed by atoms with Crippen LogP contribution < -0.4 is 0 Å². The first-order chi connectivity index (χ1) is 8.65. The van der Waals surface area contributed by atoms with Crippen LogP contribution in [0.25, 0.3) is 0 Å². The van der Waals surface area contributed by atoms with Gasteiger partial charge in [0.15, 0.2) is 0 Å². The summed E-state index contributed by atoms with van der Waals surface area (Å²) in [5.74, 6) is 0.829. The number of nitrogens with zero attached hydrogens (tertiary/aromatic N) is 1. The third kappa shape index (κ3) is 3.92. The molecule has 0 aromatic heterocycles. The van der Waals surface area contributed by atoms with Gasteiger partial charge in [0.2, 0.25) is 0 Å². The number of aliphatic hydroxyl groups is 1. The van der Waals surface area contributed by atoms with Gasteiger partial charge in [-0.25, -0.2) is 4.39 Å². The minimum absolute atomic E-state index is 0.00957. The Morgan fingerprint density at radius 2 is 2.11 bits per heavy atom. The molecular formula is C15H24FNO. The second kappa shape index (κ2) is 6.48. The van der Waals surface area contributed by atoms with Gasteiger partial charge in [0, 0.05) is 19.5 Å². The molecule has 2 nitrogen and oxygen atoms in total. The van der Waals surface area contributed by atoms with Gasteiger partial charge in [-0.15, -0.1) is 0 Å². The molecule has 3 heteroatoms. The largest absolute Gasteiger partial charge is 0.391 e. The van der Waals surface area contributed by atoms with Crippen LogP contribution in [0.4, 0.5) is 4.39 Å². The fraction of sp³-hybridized carbons (Fsp3) is 0.733. The maximum Gasteiger partial charge on any atom is 0.100 e. The summed E-state index contributed by atoms with van der Waals surface area (Å²) in [5.41, 5.74) is 0. The fourth-order valence-electron chi connectivity index (χ4n) is 3.06. The van der Waals surface area contributed by atoms with Crippen LogP contribution in [0, 0.1) is 11.8 Å². The number of hydrogen-bond acceptors (Lipinski definition) is 2. The van der Waals surface area contributed by atoms with Gasteiger partial charge in [0.05, 0.1) is 6.10 Å². The molecule has 0 bridgehead atoms. The lowest BCUT2D eigenvalue weighted by Gasteiger charge is -2.16. The highest BCUT2D eigenvalue weighted by Crippen LogP contribution is 2.26. The molecule has 18 heavy (non-hydrogen) atoms. The van der Waals surface area contributed by atoms with Crippen LogP contribution in [-0.4, -0.2) is 36.2 Å². The molecule has 2 aliphatic rings. The SMILES string of the molecule is CN1C[C@H](CCCCC2C=CC=C(F)C2)[C@H](O)C1. The van der Waals surface area contributed by atoms with Gasteiger partial charge < -0.3 is 10.0 Å². The zero-order valence-corrected chi connectivity index (χ0v) is 11.2. The van der Waals surface area contributed by atoms with Crippen LogP contribution in [0.3, 0.4) is 0 Å². The first kappa shape index (κ1) is 13.8. The van der Waals surface area contributed by atoms with Crippen molar-refractivity contribution in [3.05, 3.63) is 24.1 Å². The Hall–Kier alpha value is -0.670. The third-order valence-electron chi connectivity index (χ3n) is 4.11. The lowest BCUT2D eigenvalue weighted by molar-refractivity contribution is 0.137. The molecule has 1 aliphatic carbocycles. The number of aliphatic hydroxyl groups excluding tert-OH is 1. The summed E-state index contributed by atoms with van der Waals surface area (Å²) in [4.78, 5) is 2.19. The van der Waals surface area contributed by atoms with Crippen molar-refractivity contribution in [3.63, 3.8) is 0 Å². The number of likely N-dealkylation sites (tertiary alicyclic amines) is 1. The summed E-state index contributed by atoms with van der Waals surface area (Å²) in [5, 5.41) is 9.83. The van der Waals surface area contributed by atoms with Crippen molar-refractivity contribution in [2.75, 3.05) is 20.1 Å². The smallest absolute Gasteiger partial charge is 0.100 e. The minimum atomic E-state index is -0.148. The van der Waals surface area contributed by atoms with E-state index in [0.717, 1.165) is 38.8 Å². The van der Waals surface area contributed by atoms with Gasteiger partial charge in [-0.3, -0.25) is 0 Å². The molecule has 1 saturated heterocycles. The average molecular weight is 253 g/mol. The van der Waals surface area contributed by atoms with Crippen LogP contribution in [-0.2, 0) is 0 Å². The van der Waals surface area contributed by atoms with Crippen molar-refractivity contribution in [2.45, 2.75) is 38.2 Å². The van der Waals surface area contributed by atoms with E-state index in [4.69, 9.17) is 0 Å². The van der Waals surface area contributed by atoms with Crippen molar-refractivity contribution < 1.29 is 9.50 Å². The third-order valence-corrected chi connectivity index (χ3v) is 4.11. The molecule has 102 valence electrons. The molecule has 1 N–H and O–H groups in total. The number of unbranched alkanes of at least 4 members (excludes halogenated alkanes) is 1. The standard InChI is InChI=1S/C15H24FNO/c1-17-10-13(15(18)11-17)7-3-2-5-12-6-4-8-14(16)9-12/h4,6,8,12-13,15,18H,2-3,5,7,9-11H2,1H3/t12?,13-,15+/m0/s1. The maximum atomic E-state index is 13.1. The quantitative estimate of drug-likeness (QED) is 0.762. The van der Waals surface area contributed by atoms with Crippen LogP contribution in [0.15, 0.2) is 24.1 Å².